The minimum absolute atomic E-state index is 0.599. The van der Waals surface area contributed by atoms with Gasteiger partial charge in [-0.3, -0.25) is 0 Å². The van der Waals surface area contributed by atoms with Crippen molar-refractivity contribution < 1.29 is 4.74 Å². The van der Waals surface area contributed by atoms with Crippen LogP contribution in [-0.4, -0.2) is 13.2 Å². The second-order valence-electron chi connectivity index (χ2n) is 3.37. The van der Waals surface area contributed by atoms with Gasteiger partial charge in [0, 0.05) is 6.42 Å². The number of hydrogen-bond donors (Lipinski definition) is 0. The van der Waals surface area contributed by atoms with Crippen LogP contribution in [0.3, 0.4) is 0 Å². The molecule has 1 nitrogen and oxygen atoms in total. The third-order valence-electron chi connectivity index (χ3n) is 1.41. The Labute approximate surface area is 76.5 Å². The molecule has 0 bridgehead atoms. The van der Waals surface area contributed by atoms with Crippen molar-refractivity contribution in [2.45, 2.75) is 40.0 Å². The highest BCUT2D eigenvalue weighted by molar-refractivity contribution is 4.98. The van der Waals surface area contributed by atoms with E-state index in [-0.39, 0.29) is 0 Å². The van der Waals surface area contributed by atoms with E-state index >= 15 is 0 Å². The minimum Gasteiger partial charge on any atom is -0.369 e. The second-order valence-corrected chi connectivity index (χ2v) is 3.37. The molecule has 0 unspecified atom stereocenters. The zero-order valence-electron chi connectivity index (χ0n) is 8.52. The molecule has 0 aliphatic carbocycles. The molecule has 0 fully saturated rings. The fourth-order valence-electron chi connectivity index (χ4n) is 0.750. The lowest BCUT2D eigenvalue weighted by Gasteiger charge is -2.01. The molecular formula is C11H20O. The predicted molar refractivity (Wildman–Crippen MR) is 53.0 cm³/mol. The molecule has 0 saturated heterocycles. The summed E-state index contributed by atoms with van der Waals surface area (Å²) < 4.78 is 5.30. The van der Waals surface area contributed by atoms with E-state index in [0.29, 0.717) is 12.5 Å². The molecule has 0 aliphatic rings. The summed E-state index contributed by atoms with van der Waals surface area (Å²) in [7, 11) is 0. The van der Waals surface area contributed by atoms with Crippen LogP contribution in [0.25, 0.3) is 0 Å². The standard InChI is InChI=1S/C11H20O/c1-4-5-6-7-8-9-12-10-11(2)3/h11H,4-6,9-10H2,1-3H3. The van der Waals surface area contributed by atoms with E-state index in [4.69, 9.17) is 4.74 Å². The lowest BCUT2D eigenvalue weighted by molar-refractivity contribution is 0.139. The summed E-state index contributed by atoms with van der Waals surface area (Å²) in [6.45, 7) is 7.89. The van der Waals surface area contributed by atoms with Gasteiger partial charge < -0.3 is 4.74 Å². The summed E-state index contributed by atoms with van der Waals surface area (Å²) in [6.07, 6.45) is 3.44. The molecule has 0 saturated carbocycles. The fraction of sp³-hybridized carbons (Fsp3) is 0.818. The topological polar surface area (TPSA) is 9.23 Å². The number of unbranched alkanes of at least 4 members (excludes halogenated alkanes) is 2. The van der Waals surface area contributed by atoms with Crippen molar-refractivity contribution in [2.75, 3.05) is 13.2 Å². The maximum absolute atomic E-state index is 5.30. The molecule has 0 radical (unpaired) electrons. The van der Waals surface area contributed by atoms with Crippen molar-refractivity contribution in [3.8, 4) is 11.8 Å². The maximum atomic E-state index is 5.30. The molecule has 0 atom stereocenters. The molecular weight excluding hydrogens is 148 g/mol. The summed E-state index contributed by atoms with van der Waals surface area (Å²) in [4.78, 5) is 0. The Morgan fingerprint density at radius 3 is 2.58 bits per heavy atom. The Kier molecular flexibility index (Phi) is 8.27. The smallest absolute Gasteiger partial charge is 0.107 e. The van der Waals surface area contributed by atoms with E-state index < -0.39 is 0 Å². The van der Waals surface area contributed by atoms with Crippen LogP contribution < -0.4 is 0 Å². The van der Waals surface area contributed by atoms with Gasteiger partial charge in [0.2, 0.25) is 0 Å². The monoisotopic (exact) mass is 168 g/mol. The number of hydrogen-bond acceptors (Lipinski definition) is 1. The van der Waals surface area contributed by atoms with Gasteiger partial charge in [0.05, 0.1) is 6.61 Å². The van der Waals surface area contributed by atoms with Crippen molar-refractivity contribution >= 4 is 0 Å². The van der Waals surface area contributed by atoms with Gasteiger partial charge >= 0.3 is 0 Å². The second kappa shape index (κ2) is 8.62. The van der Waals surface area contributed by atoms with Crippen LogP contribution >= 0.6 is 0 Å². The molecule has 0 N–H and O–H groups in total. The summed E-state index contributed by atoms with van der Waals surface area (Å²) in [5.74, 6) is 6.70. The van der Waals surface area contributed by atoms with Crippen molar-refractivity contribution in [3.05, 3.63) is 0 Å². The van der Waals surface area contributed by atoms with Crippen molar-refractivity contribution in [1.82, 2.24) is 0 Å². The van der Waals surface area contributed by atoms with E-state index in [1.54, 1.807) is 0 Å². The van der Waals surface area contributed by atoms with Gasteiger partial charge in [-0.1, -0.05) is 33.1 Å². The molecule has 12 heavy (non-hydrogen) atoms. The van der Waals surface area contributed by atoms with E-state index in [0.717, 1.165) is 13.0 Å². The molecule has 0 rings (SSSR count). The quantitative estimate of drug-likeness (QED) is 0.453. The van der Waals surface area contributed by atoms with Crippen LogP contribution in [0.1, 0.15) is 40.0 Å². The first-order valence-electron chi connectivity index (χ1n) is 4.80. The molecule has 0 amide bonds. The first-order chi connectivity index (χ1) is 5.77. The average molecular weight is 168 g/mol. The molecule has 0 aromatic heterocycles. The van der Waals surface area contributed by atoms with Crippen molar-refractivity contribution in [2.24, 2.45) is 5.92 Å². The molecule has 0 spiro atoms. The van der Waals surface area contributed by atoms with E-state index in [2.05, 4.69) is 32.6 Å². The highest BCUT2D eigenvalue weighted by atomic mass is 16.5. The molecule has 70 valence electrons. The summed E-state index contributed by atoms with van der Waals surface area (Å²) in [5, 5.41) is 0. The first-order valence-corrected chi connectivity index (χ1v) is 4.80. The lowest BCUT2D eigenvalue weighted by atomic mass is 10.2. The zero-order valence-corrected chi connectivity index (χ0v) is 8.52. The predicted octanol–water partition coefficient (Wildman–Crippen LogP) is 2.85. The highest BCUT2D eigenvalue weighted by Crippen LogP contribution is 1.92. The van der Waals surface area contributed by atoms with Crippen LogP contribution in [0, 0.1) is 17.8 Å². The Balaban J connectivity index is 3.10. The number of ether oxygens (including phenoxy) is 1. The van der Waals surface area contributed by atoms with Crippen LogP contribution in [0.2, 0.25) is 0 Å². The fourth-order valence-corrected chi connectivity index (χ4v) is 0.750. The van der Waals surface area contributed by atoms with E-state index in [1.165, 1.54) is 12.8 Å². The van der Waals surface area contributed by atoms with Crippen LogP contribution in [0.5, 0.6) is 0 Å². The molecule has 0 aromatic carbocycles. The third-order valence-corrected chi connectivity index (χ3v) is 1.41. The van der Waals surface area contributed by atoms with Gasteiger partial charge in [0.15, 0.2) is 0 Å². The Morgan fingerprint density at radius 2 is 2.00 bits per heavy atom. The summed E-state index contributed by atoms with van der Waals surface area (Å²) in [5.41, 5.74) is 0. The molecule has 0 heterocycles. The van der Waals surface area contributed by atoms with Gasteiger partial charge in [-0.15, -0.1) is 5.92 Å². The normalized spacial score (nSPS) is 9.67. The van der Waals surface area contributed by atoms with Crippen molar-refractivity contribution in [1.29, 1.82) is 0 Å². The maximum Gasteiger partial charge on any atom is 0.107 e. The average Bonchev–Trinajstić information content (AvgIpc) is 2.02. The summed E-state index contributed by atoms with van der Waals surface area (Å²) >= 11 is 0. The molecule has 1 heteroatoms. The minimum atomic E-state index is 0.599. The Morgan fingerprint density at radius 1 is 1.25 bits per heavy atom. The van der Waals surface area contributed by atoms with E-state index in [1.807, 2.05) is 0 Å². The van der Waals surface area contributed by atoms with Gasteiger partial charge in [-0.25, -0.2) is 0 Å². The van der Waals surface area contributed by atoms with Gasteiger partial charge in [-0.05, 0) is 12.3 Å². The SMILES string of the molecule is CCCCC#CCOCC(C)C. The largest absolute Gasteiger partial charge is 0.369 e. The zero-order chi connectivity index (χ0) is 9.23. The van der Waals surface area contributed by atoms with E-state index in [9.17, 15) is 0 Å². The molecule has 0 aliphatic heterocycles. The van der Waals surface area contributed by atoms with Gasteiger partial charge in [0.1, 0.15) is 6.61 Å². The first kappa shape index (κ1) is 11.5. The Bertz CT molecular complexity index is 139. The van der Waals surface area contributed by atoms with Gasteiger partial charge in [0.25, 0.3) is 0 Å². The third kappa shape index (κ3) is 9.52. The Hall–Kier alpha value is -0.480. The van der Waals surface area contributed by atoms with Crippen LogP contribution in [-0.2, 0) is 4.74 Å². The lowest BCUT2D eigenvalue weighted by Crippen LogP contribution is -2.01. The van der Waals surface area contributed by atoms with Crippen LogP contribution in [0.4, 0.5) is 0 Å². The van der Waals surface area contributed by atoms with Crippen LogP contribution in [0.15, 0.2) is 0 Å². The van der Waals surface area contributed by atoms with Gasteiger partial charge in [-0.2, -0.15) is 0 Å². The summed E-state index contributed by atoms with van der Waals surface area (Å²) in [6, 6.07) is 0. The molecule has 0 aromatic rings. The van der Waals surface area contributed by atoms with Crippen molar-refractivity contribution in [3.63, 3.8) is 0 Å². The highest BCUT2D eigenvalue weighted by Gasteiger charge is 1.89. The number of rotatable bonds is 5.